The van der Waals surface area contributed by atoms with Gasteiger partial charge in [-0.2, -0.15) is 0 Å². The van der Waals surface area contributed by atoms with Crippen LogP contribution in [0.4, 0.5) is 0 Å². The molecule has 0 radical (unpaired) electrons. The third kappa shape index (κ3) is 4.65. The van der Waals surface area contributed by atoms with Crippen molar-refractivity contribution in [3.63, 3.8) is 0 Å². The number of nitrogens with zero attached hydrogens (tertiary/aromatic N) is 1. The van der Waals surface area contributed by atoms with Gasteiger partial charge in [0.2, 0.25) is 5.91 Å². The van der Waals surface area contributed by atoms with Crippen molar-refractivity contribution in [3.05, 3.63) is 24.3 Å². The molecule has 0 saturated heterocycles. The van der Waals surface area contributed by atoms with E-state index in [1.807, 2.05) is 36.1 Å². The lowest BCUT2D eigenvalue weighted by atomic mass is 10.2. The number of carbonyl (C=O) groups excluding carboxylic acids is 1. The maximum absolute atomic E-state index is 12.3. The minimum absolute atomic E-state index is 0.249. The highest BCUT2D eigenvalue weighted by Gasteiger charge is 2.33. The Morgan fingerprint density at radius 2 is 1.86 bits per heavy atom. The first-order chi connectivity index (χ1) is 10.6. The van der Waals surface area contributed by atoms with Gasteiger partial charge in [-0.25, -0.2) is 0 Å². The fourth-order valence-corrected chi connectivity index (χ4v) is 2.64. The van der Waals surface area contributed by atoms with Crippen LogP contribution in [0.5, 0.6) is 11.5 Å². The fourth-order valence-electron chi connectivity index (χ4n) is 2.64. The first-order valence-corrected chi connectivity index (χ1v) is 8.29. The third-order valence-corrected chi connectivity index (χ3v) is 3.73. The molecular formula is C18H27NO3. The van der Waals surface area contributed by atoms with Gasteiger partial charge in [-0.3, -0.25) is 4.79 Å². The minimum atomic E-state index is 0.249. The number of ether oxygens (including phenoxy) is 2. The molecule has 1 fully saturated rings. The lowest BCUT2D eigenvalue weighted by molar-refractivity contribution is -0.133. The quantitative estimate of drug-likeness (QED) is 0.654. The maximum atomic E-state index is 12.3. The van der Waals surface area contributed by atoms with Crippen LogP contribution < -0.4 is 9.47 Å². The number of benzene rings is 1. The van der Waals surface area contributed by atoms with Crippen LogP contribution in [0.2, 0.25) is 0 Å². The van der Waals surface area contributed by atoms with Gasteiger partial charge in [-0.15, -0.1) is 0 Å². The molecule has 0 aliphatic heterocycles. The first kappa shape index (κ1) is 16.7. The SMILES string of the molecule is CCOc1ccccc1OCCCC(=O)N(C(C)C)C1CC1. The minimum Gasteiger partial charge on any atom is -0.490 e. The van der Waals surface area contributed by atoms with Crippen molar-refractivity contribution in [2.45, 2.75) is 58.5 Å². The topological polar surface area (TPSA) is 38.8 Å². The van der Waals surface area contributed by atoms with Gasteiger partial charge >= 0.3 is 0 Å². The number of amides is 1. The van der Waals surface area contributed by atoms with E-state index >= 15 is 0 Å². The Morgan fingerprint density at radius 3 is 2.41 bits per heavy atom. The average Bonchev–Trinajstić information content (AvgIpc) is 3.30. The molecule has 4 nitrogen and oxygen atoms in total. The molecule has 4 heteroatoms. The van der Waals surface area contributed by atoms with Crippen molar-refractivity contribution in [3.8, 4) is 11.5 Å². The predicted octanol–water partition coefficient (Wildman–Crippen LogP) is 3.64. The standard InChI is InChI=1S/C18H27NO3/c1-4-21-16-8-5-6-9-17(16)22-13-7-10-18(20)19(14(2)3)15-11-12-15/h5-6,8-9,14-15H,4,7,10-13H2,1-3H3. The molecule has 122 valence electrons. The van der Waals surface area contributed by atoms with E-state index in [2.05, 4.69) is 13.8 Å². The Morgan fingerprint density at radius 1 is 1.23 bits per heavy atom. The van der Waals surface area contributed by atoms with E-state index in [4.69, 9.17) is 9.47 Å². The molecule has 0 bridgehead atoms. The Balaban J connectivity index is 1.76. The van der Waals surface area contributed by atoms with E-state index in [1.54, 1.807) is 0 Å². The van der Waals surface area contributed by atoms with Crippen LogP contribution in [-0.4, -0.2) is 36.1 Å². The second-order valence-electron chi connectivity index (χ2n) is 5.96. The summed E-state index contributed by atoms with van der Waals surface area (Å²) in [5, 5.41) is 0. The van der Waals surface area contributed by atoms with Crippen molar-refractivity contribution in [1.29, 1.82) is 0 Å². The van der Waals surface area contributed by atoms with Crippen molar-refractivity contribution >= 4 is 5.91 Å². The van der Waals surface area contributed by atoms with Crippen molar-refractivity contribution in [1.82, 2.24) is 4.90 Å². The van der Waals surface area contributed by atoms with Crippen molar-refractivity contribution in [2.24, 2.45) is 0 Å². The summed E-state index contributed by atoms with van der Waals surface area (Å²) in [5.41, 5.74) is 0. The number of carbonyl (C=O) groups is 1. The summed E-state index contributed by atoms with van der Waals surface area (Å²) in [5.74, 6) is 1.76. The summed E-state index contributed by atoms with van der Waals surface area (Å²) in [6, 6.07) is 8.43. The summed E-state index contributed by atoms with van der Waals surface area (Å²) in [4.78, 5) is 14.3. The zero-order valence-electron chi connectivity index (χ0n) is 13.9. The molecule has 0 aromatic heterocycles. The molecule has 1 aromatic rings. The summed E-state index contributed by atoms with van der Waals surface area (Å²) in [7, 11) is 0. The molecule has 0 spiro atoms. The molecular weight excluding hydrogens is 278 g/mol. The van der Waals surface area contributed by atoms with E-state index in [0.717, 1.165) is 30.8 Å². The van der Waals surface area contributed by atoms with Gasteiger partial charge in [-0.1, -0.05) is 12.1 Å². The maximum Gasteiger partial charge on any atom is 0.223 e. The molecule has 1 aliphatic rings. The molecule has 1 aromatic carbocycles. The van der Waals surface area contributed by atoms with Gasteiger partial charge in [0, 0.05) is 18.5 Å². The molecule has 0 atom stereocenters. The second-order valence-corrected chi connectivity index (χ2v) is 5.96. The van der Waals surface area contributed by atoms with Crippen LogP contribution in [0.3, 0.4) is 0 Å². The number of rotatable bonds is 9. The molecule has 0 heterocycles. The summed E-state index contributed by atoms with van der Waals surface area (Å²) >= 11 is 0. The number of hydrogen-bond acceptors (Lipinski definition) is 3. The Bertz CT molecular complexity index is 481. The lowest BCUT2D eigenvalue weighted by Crippen LogP contribution is -2.38. The Kier molecular flexibility index (Phi) is 6.10. The van der Waals surface area contributed by atoms with Crippen molar-refractivity contribution in [2.75, 3.05) is 13.2 Å². The van der Waals surface area contributed by atoms with Gasteiger partial charge in [0.05, 0.1) is 13.2 Å². The largest absolute Gasteiger partial charge is 0.490 e. The highest BCUT2D eigenvalue weighted by Crippen LogP contribution is 2.29. The zero-order chi connectivity index (χ0) is 15.9. The molecule has 1 saturated carbocycles. The Labute approximate surface area is 133 Å². The third-order valence-electron chi connectivity index (χ3n) is 3.73. The molecule has 0 N–H and O–H groups in total. The van der Waals surface area contributed by atoms with Gasteiger partial charge in [0.1, 0.15) is 0 Å². The average molecular weight is 305 g/mol. The van der Waals surface area contributed by atoms with Gasteiger partial charge in [0.25, 0.3) is 0 Å². The highest BCUT2D eigenvalue weighted by atomic mass is 16.5. The summed E-state index contributed by atoms with van der Waals surface area (Å²) in [6.07, 6.45) is 3.59. The monoisotopic (exact) mass is 305 g/mol. The van der Waals surface area contributed by atoms with Crippen LogP contribution >= 0.6 is 0 Å². The predicted molar refractivity (Wildman–Crippen MR) is 87.3 cm³/mol. The van der Waals surface area contributed by atoms with Crippen LogP contribution in [0.15, 0.2) is 24.3 Å². The van der Waals surface area contributed by atoms with E-state index < -0.39 is 0 Å². The van der Waals surface area contributed by atoms with Crippen LogP contribution in [-0.2, 0) is 4.79 Å². The molecule has 0 unspecified atom stereocenters. The number of hydrogen-bond donors (Lipinski definition) is 0. The van der Waals surface area contributed by atoms with Gasteiger partial charge < -0.3 is 14.4 Å². The second kappa shape index (κ2) is 8.06. The van der Waals surface area contributed by atoms with Crippen LogP contribution in [0, 0.1) is 0 Å². The van der Waals surface area contributed by atoms with Gasteiger partial charge in [-0.05, 0) is 52.2 Å². The van der Waals surface area contributed by atoms with E-state index in [1.165, 1.54) is 0 Å². The van der Waals surface area contributed by atoms with Crippen molar-refractivity contribution < 1.29 is 14.3 Å². The fraction of sp³-hybridized carbons (Fsp3) is 0.611. The first-order valence-electron chi connectivity index (χ1n) is 8.29. The Hall–Kier alpha value is -1.71. The van der Waals surface area contributed by atoms with Crippen LogP contribution in [0.1, 0.15) is 46.5 Å². The number of para-hydroxylation sites is 2. The lowest BCUT2D eigenvalue weighted by Gasteiger charge is -2.26. The van der Waals surface area contributed by atoms with Crippen LogP contribution in [0.25, 0.3) is 0 Å². The van der Waals surface area contributed by atoms with E-state index in [-0.39, 0.29) is 5.91 Å². The molecule has 1 aliphatic carbocycles. The molecule has 22 heavy (non-hydrogen) atoms. The van der Waals surface area contributed by atoms with Gasteiger partial charge in [0.15, 0.2) is 11.5 Å². The highest BCUT2D eigenvalue weighted by molar-refractivity contribution is 5.77. The van der Waals surface area contributed by atoms with E-state index in [0.29, 0.717) is 31.7 Å². The smallest absolute Gasteiger partial charge is 0.223 e. The zero-order valence-corrected chi connectivity index (χ0v) is 13.9. The van der Waals surface area contributed by atoms with E-state index in [9.17, 15) is 4.79 Å². The normalized spacial score (nSPS) is 14.0. The molecule has 1 amide bonds. The summed E-state index contributed by atoms with van der Waals surface area (Å²) < 4.78 is 11.3. The summed E-state index contributed by atoms with van der Waals surface area (Å²) in [6.45, 7) is 7.28. The molecule has 2 rings (SSSR count).